The maximum absolute atomic E-state index is 12.5. The van der Waals surface area contributed by atoms with E-state index >= 15 is 0 Å². The average Bonchev–Trinajstić information content (AvgIpc) is 2.64. The highest BCUT2D eigenvalue weighted by Gasteiger charge is 2.22. The van der Waals surface area contributed by atoms with Crippen LogP contribution in [0.3, 0.4) is 0 Å². The van der Waals surface area contributed by atoms with Gasteiger partial charge in [-0.1, -0.05) is 0 Å². The summed E-state index contributed by atoms with van der Waals surface area (Å²) in [6.45, 7) is 3.00. The zero-order valence-corrected chi connectivity index (χ0v) is 13.5. The lowest BCUT2D eigenvalue weighted by Gasteiger charge is -2.27. The van der Waals surface area contributed by atoms with Crippen molar-refractivity contribution in [3.05, 3.63) is 51.7 Å². The third-order valence-corrected chi connectivity index (χ3v) is 4.55. The summed E-state index contributed by atoms with van der Waals surface area (Å²) in [7, 11) is 0. The number of fused-ring (bicyclic) bond motifs is 1. The van der Waals surface area contributed by atoms with E-state index in [1.165, 1.54) is 0 Å². The molecule has 0 saturated carbocycles. The molecule has 2 aliphatic rings. The number of rotatable bonds is 3. The molecule has 7 heteroatoms. The van der Waals surface area contributed by atoms with Crippen molar-refractivity contribution < 1.29 is 0 Å². The number of aromatic nitrogens is 4. The number of H-pyrrole nitrogens is 1. The topological polar surface area (TPSA) is 87.1 Å². The van der Waals surface area contributed by atoms with Crippen molar-refractivity contribution in [2.24, 2.45) is 4.99 Å². The van der Waals surface area contributed by atoms with Crippen LogP contribution < -0.4 is 5.56 Å². The molecule has 0 radical (unpaired) electrons. The molecule has 124 valence electrons. The third kappa shape index (κ3) is 3.12. The molecule has 4 rings (SSSR count). The van der Waals surface area contributed by atoms with Gasteiger partial charge in [-0.25, -0.2) is 4.98 Å². The van der Waals surface area contributed by atoms with Crippen LogP contribution in [0.2, 0.25) is 0 Å². The SMILES string of the molecule is O=c1[nH]c(C2=NCCCC2)nc2c1CN(Cc1cnccn1)CC2. The summed E-state index contributed by atoms with van der Waals surface area (Å²) < 4.78 is 0. The van der Waals surface area contributed by atoms with E-state index in [1.54, 1.807) is 18.6 Å². The van der Waals surface area contributed by atoms with Gasteiger partial charge in [-0.2, -0.15) is 0 Å². The van der Waals surface area contributed by atoms with Gasteiger partial charge in [0.1, 0.15) is 0 Å². The lowest BCUT2D eigenvalue weighted by molar-refractivity contribution is 0.238. The van der Waals surface area contributed by atoms with E-state index in [0.29, 0.717) is 18.9 Å². The fourth-order valence-corrected chi connectivity index (χ4v) is 3.28. The van der Waals surface area contributed by atoms with Crippen LogP contribution in [-0.4, -0.2) is 43.6 Å². The Labute approximate surface area is 139 Å². The molecule has 7 nitrogen and oxygen atoms in total. The van der Waals surface area contributed by atoms with E-state index in [-0.39, 0.29) is 5.56 Å². The van der Waals surface area contributed by atoms with Crippen LogP contribution in [0.4, 0.5) is 0 Å². The zero-order chi connectivity index (χ0) is 16.4. The second-order valence-corrected chi connectivity index (χ2v) is 6.28. The fourth-order valence-electron chi connectivity index (χ4n) is 3.28. The van der Waals surface area contributed by atoms with Crippen molar-refractivity contribution >= 4 is 5.71 Å². The molecular formula is C17H20N6O. The quantitative estimate of drug-likeness (QED) is 0.913. The number of nitrogens with zero attached hydrogens (tertiary/aromatic N) is 5. The number of nitrogens with one attached hydrogen (secondary N) is 1. The van der Waals surface area contributed by atoms with E-state index in [1.807, 2.05) is 0 Å². The fraction of sp³-hybridized carbons (Fsp3) is 0.471. The van der Waals surface area contributed by atoms with Crippen molar-refractivity contribution in [2.45, 2.75) is 38.8 Å². The first kappa shape index (κ1) is 15.1. The van der Waals surface area contributed by atoms with E-state index in [9.17, 15) is 4.79 Å². The van der Waals surface area contributed by atoms with Crippen LogP contribution in [0, 0.1) is 0 Å². The molecule has 2 aromatic heterocycles. The summed E-state index contributed by atoms with van der Waals surface area (Å²) in [5.41, 5.74) is 3.51. The number of hydrogen-bond donors (Lipinski definition) is 1. The zero-order valence-electron chi connectivity index (χ0n) is 13.5. The van der Waals surface area contributed by atoms with Gasteiger partial charge in [-0.15, -0.1) is 0 Å². The Hall–Kier alpha value is -2.41. The molecule has 2 aliphatic heterocycles. The molecule has 0 saturated heterocycles. The monoisotopic (exact) mass is 324 g/mol. The molecule has 1 N–H and O–H groups in total. The molecule has 2 aromatic rings. The van der Waals surface area contributed by atoms with Crippen LogP contribution in [0.5, 0.6) is 0 Å². The molecule has 0 aromatic carbocycles. The van der Waals surface area contributed by atoms with Crippen LogP contribution in [0.25, 0.3) is 0 Å². The summed E-state index contributed by atoms with van der Waals surface area (Å²) in [6, 6.07) is 0. The summed E-state index contributed by atoms with van der Waals surface area (Å²) in [5, 5.41) is 0. The van der Waals surface area contributed by atoms with Gasteiger partial charge >= 0.3 is 0 Å². The Balaban J connectivity index is 1.56. The first-order valence-corrected chi connectivity index (χ1v) is 8.42. The molecule has 0 amide bonds. The van der Waals surface area contributed by atoms with Gasteiger partial charge in [-0.3, -0.25) is 24.7 Å². The molecule has 0 fully saturated rings. The third-order valence-electron chi connectivity index (χ3n) is 4.55. The molecule has 4 heterocycles. The maximum Gasteiger partial charge on any atom is 0.255 e. The highest BCUT2D eigenvalue weighted by atomic mass is 16.1. The first-order valence-electron chi connectivity index (χ1n) is 8.42. The lowest BCUT2D eigenvalue weighted by atomic mass is 10.1. The maximum atomic E-state index is 12.5. The normalized spacial score (nSPS) is 18.1. The van der Waals surface area contributed by atoms with Crippen molar-refractivity contribution in [1.82, 2.24) is 24.8 Å². The van der Waals surface area contributed by atoms with Gasteiger partial charge in [0.15, 0.2) is 5.82 Å². The summed E-state index contributed by atoms with van der Waals surface area (Å²) >= 11 is 0. The van der Waals surface area contributed by atoms with Crippen molar-refractivity contribution in [3.63, 3.8) is 0 Å². The van der Waals surface area contributed by atoms with Gasteiger partial charge in [0.25, 0.3) is 5.56 Å². The Morgan fingerprint density at radius 3 is 2.96 bits per heavy atom. The van der Waals surface area contributed by atoms with Gasteiger partial charge < -0.3 is 4.98 Å². The smallest absolute Gasteiger partial charge is 0.255 e. The van der Waals surface area contributed by atoms with Crippen molar-refractivity contribution in [2.75, 3.05) is 13.1 Å². The standard InChI is InChI=1S/C17H20N6O/c24-17-13-11-23(10-12-9-18-6-7-19-12)8-4-14(13)21-16(22-17)15-3-1-2-5-20-15/h6-7,9H,1-5,8,10-11H2,(H,21,22,24). The van der Waals surface area contributed by atoms with E-state index < -0.39 is 0 Å². The van der Waals surface area contributed by atoms with Crippen molar-refractivity contribution in [1.29, 1.82) is 0 Å². The van der Waals surface area contributed by atoms with Crippen molar-refractivity contribution in [3.8, 4) is 0 Å². The second kappa shape index (κ2) is 6.60. The molecule has 0 spiro atoms. The van der Waals surface area contributed by atoms with E-state index in [0.717, 1.165) is 61.4 Å². The van der Waals surface area contributed by atoms with Gasteiger partial charge in [0.2, 0.25) is 0 Å². The summed E-state index contributed by atoms with van der Waals surface area (Å²) in [6.07, 6.45) is 9.04. The number of aromatic amines is 1. The van der Waals surface area contributed by atoms with Crippen LogP contribution in [-0.2, 0) is 19.5 Å². The Morgan fingerprint density at radius 1 is 1.21 bits per heavy atom. The second-order valence-electron chi connectivity index (χ2n) is 6.28. The van der Waals surface area contributed by atoms with Crippen LogP contribution in [0.15, 0.2) is 28.4 Å². The van der Waals surface area contributed by atoms with Gasteiger partial charge in [0.05, 0.1) is 22.7 Å². The summed E-state index contributed by atoms with van der Waals surface area (Å²) in [5.74, 6) is 0.667. The highest BCUT2D eigenvalue weighted by molar-refractivity contribution is 5.97. The predicted octanol–water partition coefficient (Wildman–Crippen LogP) is 1.09. The summed E-state index contributed by atoms with van der Waals surface area (Å²) in [4.78, 5) is 35.3. The Kier molecular flexibility index (Phi) is 4.17. The minimum absolute atomic E-state index is 0.0351. The minimum atomic E-state index is -0.0351. The van der Waals surface area contributed by atoms with Gasteiger partial charge in [-0.05, 0) is 19.3 Å². The molecule has 0 aliphatic carbocycles. The highest BCUT2D eigenvalue weighted by Crippen LogP contribution is 2.17. The molecule has 0 atom stereocenters. The largest absolute Gasteiger partial charge is 0.305 e. The molecule has 0 unspecified atom stereocenters. The molecule has 24 heavy (non-hydrogen) atoms. The lowest BCUT2D eigenvalue weighted by Crippen LogP contribution is -2.36. The number of aliphatic imine (C=N–C) groups is 1. The predicted molar refractivity (Wildman–Crippen MR) is 90.0 cm³/mol. The van der Waals surface area contributed by atoms with E-state index in [2.05, 4.69) is 24.8 Å². The van der Waals surface area contributed by atoms with Crippen LogP contribution >= 0.6 is 0 Å². The Bertz CT molecular complexity index is 814. The average molecular weight is 324 g/mol. The first-order chi connectivity index (χ1) is 11.8. The minimum Gasteiger partial charge on any atom is -0.305 e. The Morgan fingerprint density at radius 2 is 2.17 bits per heavy atom. The van der Waals surface area contributed by atoms with Crippen LogP contribution in [0.1, 0.15) is 42.0 Å². The van der Waals surface area contributed by atoms with E-state index in [4.69, 9.17) is 4.98 Å². The molecule has 0 bridgehead atoms. The number of hydrogen-bond acceptors (Lipinski definition) is 6. The molecular weight excluding hydrogens is 304 g/mol. The van der Waals surface area contributed by atoms with Gasteiger partial charge in [0, 0.05) is 51.2 Å².